The van der Waals surface area contributed by atoms with Gasteiger partial charge < -0.3 is 0 Å². The van der Waals surface area contributed by atoms with E-state index in [1.54, 1.807) is 0 Å². The van der Waals surface area contributed by atoms with E-state index >= 15 is 0 Å². The average molecular weight is 291 g/mol. The molecule has 72 valence electrons. The summed E-state index contributed by atoms with van der Waals surface area (Å²) in [4.78, 5) is 3.50. The molecule has 0 saturated carbocycles. The number of hydrogen-bond acceptors (Lipinski definition) is 1. The van der Waals surface area contributed by atoms with Crippen LogP contribution in [0.2, 0.25) is 5.02 Å². The van der Waals surface area contributed by atoms with E-state index in [9.17, 15) is 8.78 Å². The Morgan fingerprint density at radius 2 is 2.15 bits per heavy atom. The van der Waals surface area contributed by atoms with Crippen LogP contribution in [0.1, 0.15) is 17.7 Å². The molecule has 1 nitrogen and oxygen atoms in total. The van der Waals surface area contributed by atoms with E-state index in [-0.39, 0.29) is 10.9 Å². The van der Waals surface area contributed by atoms with Gasteiger partial charge >= 0.3 is 0 Å². The third-order valence-corrected chi connectivity index (χ3v) is 2.81. The van der Waals surface area contributed by atoms with Crippen LogP contribution in [-0.4, -0.2) is 4.98 Å². The van der Waals surface area contributed by atoms with Crippen molar-refractivity contribution in [2.45, 2.75) is 12.3 Å². The Bertz CT molecular complexity index is 320. The highest BCUT2D eigenvalue weighted by Gasteiger charge is 2.17. The van der Waals surface area contributed by atoms with Crippen LogP contribution in [0.25, 0.3) is 0 Å². The molecular formula is C7H4BrCl2F2N. The number of pyridine rings is 1. The molecule has 13 heavy (non-hydrogen) atoms. The predicted octanol–water partition coefficient (Wildman–Crippen LogP) is 4.17. The van der Waals surface area contributed by atoms with Crippen LogP contribution in [0.3, 0.4) is 0 Å². The molecule has 6 heteroatoms. The van der Waals surface area contributed by atoms with Gasteiger partial charge in [-0.25, -0.2) is 8.78 Å². The first kappa shape index (κ1) is 11.1. The van der Waals surface area contributed by atoms with E-state index in [2.05, 4.69) is 20.9 Å². The molecule has 0 aliphatic carbocycles. The smallest absolute Gasteiger partial charge is 0.253 e. The monoisotopic (exact) mass is 289 g/mol. The van der Waals surface area contributed by atoms with Crippen molar-refractivity contribution in [3.63, 3.8) is 0 Å². The third kappa shape index (κ3) is 2.30. The normalized spacial score (nSPS) is 10.9. The Hall–Kier alpha value is 0.0700. The molecule has 0 saturated heterocycles. The fourth-order valence-electron chi connectivity index (χ4n) is 0.795. The van der Waals surface area contributed by atoms with E-state index in [4.69, 9.17) is 23.2 Å². The first-order valence-electron chi connectivity index (χ1n) is 3.24. The van der Waals surface area contributed by atoms with E-state index in [1.165, 1.54) is 6.20 Å². The van der Waals surface area contributed by atoms with Crippen LogP contribution in [-0.2, 0) is 5.88 Å². The Balaban J connectivity index is 3.27. The summed E-state index contributed by atoms with van der Waals surface area (Å²) in [5, 5.41) is -0.0700. The summed E-state index contributed by atoms with van der Waals surface area (Å²) < 4.78 is 25.1. The van der Waals surface area contributed by atoms with Gasteiger partial charge in [-0.2, -0.15) is 0 Å². The Labute approximate surface area is 92.2 Å². The summed E-state index contributed by atoms with van der Waals surface area (Å²) in [6, 6.07) is 0. The zero-order valence-electron chi connectivity index (χ0n) is 6.20. The standard InChI is InChI=1S/C7H4BrCl2F2N/c8-4-2-13-6(7(11)12)5(10)3(4)1-9/h2,7H,1H2. The first-order valence-corrected chi connectivity index (χ1v) is 4.95. The molecule has 0 spiro atoms. The molecule has 0 atom stereocenters. The number of alkyl halides is 3. The highest BCUT2D eigenvalue weighted by Crippen LogP contribution is 2.32. The molecule has 1 rings (SSSR count). The van der Waals surface area contributed by atoms with Crippen LogP contribution in [0.4, 0.5) is 8.78 Å². The molecule has 0 bridgehead atoms. The lowest BCUT2D eigenvalue weighted by Crippen LogP contribution is -1.96. The fraction of sp³-hybridized carbons (Fsp3) is 0.286. The van der Waals surface area contributed by atoms with Gasteiger partial charge in [-0.1, -0.05) is 11.6 Å². The largest absolute Gasteiger partial charge is 0.281 e. The first-order chi connectivity index (χ1) is 6.07. The van der Waals surface area contributed by atoms with Gasteiger partial charge in [0.25, 0.3) is 6.43 Å². The van der Waals surface area contributed by atoms with Gasteiger partial charge in [0.15, 0.2) is 0 Å². The Morgan fingerprint density at radius 1 is 1.54 bits per heavy atom. The minimum atomic E-state index is -2.68. The van der Waals surface area contributed by atoms with E-state index < -0.39 is 12.1 Å². The van der Waals surface area contributed by atoms with Crippen molar-refractivity contribution in [2.24, 2.45) is 0 Å². The number of halogens is 5. The Kier molecular flexibility index (Phi) is 3.88. The summed E-state index contributed by atoms with van der Waals surface area (Å²) in [6.45, 7) is 0. The van der Waals surface area contributed by atoms with Crippen LogP contribution < -0.4 is 0 Å². The average Bonchev–Trinajstić information content (AvgIpc) is 2.04. The molecule has 0 aliphatic rings. The summed E-state index contributed by atoms with van der Waals surface area (Å²) in [5.41, 5.74) is 0.00847. The summed E-state index contributed by atoms with van der Waals surface area (Å²) in [6.07, 6.45) is -1.41. The zero-order valence-corrected chi connectivity index (χ0v) is 9.30. The van der Waals surface area contributed by atoms with Gasteiger partial charge in [0, 0.05) is 16.2 Å². The molecule has 0 fully saturated rings. The van der Waals surface area contributed by atoms with Crippen LogP contribution in [0, 0.1) is 0 Å². The summed E-state index contributed by atoms with van der Waals surface area (Å²) >= 11 is 14.3. The Morgan fingerprint density at radius 3 is 2.62 bits per heavy atom. The summed E-state index contributed by atoms with van der Waals surface area (Å²) in [5.74, 6) is 0.0711. The second kappa shape index (κ2) is 4.53. The maximum absolute atomic E-state index is 12.3. The molecule has 1 heterocycles. The molecule has 1 aromatic heterocycles. The van der Waals surface area contributed by atoms with Crippen molar-refractivity contribution in [3.8, 4) is 0 Å². The lowest BCUT2D eigenvalue weighted by molar-refractivity contribution is 0.146. The maximum atomic E-state index is 12.3. The quantitative estimate of drug-likeness (QED) is 0.745. The minimum Gasteiger partial charge on any atom is -0.253 e. The zero-order chi connectivity index (χ0) is 10.0. The topological polar surface area (TPSA) is 12.9 Å². The highest BCUT2D eigenvalue weighted by atomic mass is 79.9. The van der Waals surface area contributed by atoms with Crippen molar-refractivity contribution < 1.29 is 8.78 Å². The molecule has 0 unspecified atom stereocenters. The van der Waals surface area contributed by atoms with Gasteiger partial charge in [-0.15, -0.1) is 11.6 Å². The van der Waals surface area contributed by atoms with Crippen LogP contribution in [0.5, 0.6) is 0 Å². The molecule has 0 aromatic carbocycles. The second-order valence-corrected chi connectivity index (χ2v) is 3.72. The van der Waals surface area contributed by atoms with Crippen molar-refractivity contribution >= 4 is 39.1 Å². The summed E-state index contributed by atoms with van der Waals surface area (Å²) in [7, 11) is 0. The van der Waals surface area contributed by atoms with Gasteiger partial charge in [0.1, 0.15) is 5.69 Å². The van der Waals surface area contributed by atoms with Gasteiger partial charge in [0.2, 0.25) is 0 Å². The van der Waals surface area contributed by atoms with Crippen molar-refractivity contribution in [2.75, 3.05) is 0 Å². The lowest BCUT2D eigenvalue weighted by atomic mass is 10.2. The molecule has 0 radical (unpaired) electrons. The molecule has 1 aromatic rings. The van der Waals surface area contributed by atoms with Crippen molar-refractivity contribution in [1.29, 1.82) is 0 Å². The van der Waals surface area contributed by atoms with Gasteiger partial charge in [0.05, 0.1) is 10.9 Å². The van der Waals surface area contributed by atoms with Crippen LogP contribution in [0.15, 0.2) is 10.7 Å². The van der Waals surface area contributed by atoms with Crippen molar-refractivity contribution in [3.05, 3.63) is 26.9 Å². The van der Waals surface area contributed by atoms with E-state index in [0.29, 0.717) is 10.0 Å². The van der Waals surface area contributed by atoms with Gasteiger partial charge in [-0.3, -0.25) is 4.98 Å². The molecular weight excluding hydrogens is 287 g/mol. The SMILES string of the molecule is FC(F)c1ncc(Br)c(CCl)c1Cl. The number of rotatable bonds is 2. The van der Waals surface area contributed by atoms with Crippen molar-refractivity contribution in [1.82, 2.24) is 4.98 Å². The molecule has 0 aliphatic heterocycles. The van der Waals surface area contributed by atoms with Gasteiger partial charge in [-0.05, 0) is 15.9 Å². The minimum absolute atomic E-state index is 0.0700. The number of aromatic nitrogens is 1. The van der Waals surface area contributed by atoms with E-state index in [0.717, 1.165) is 0 Å². The second-order valence-electron chi connectivity index (χ2n) is 2.22. The predicted molar refractivity (Wildman–Crippen MR) is 51.5 cm³/mol. The van der Waals surface area contributed by atoms with E-state index in [1.807, 2.05) is 0 Å². The number of nitrogens with zero attached hydrogens (tertiary/aromatic N) is 1. The lowest BCUT2D eigenvalue weighted by Gasteiger charge is -2.07. The fourth-order valence-corrected chi connectivity index (χ4v) is 2.16. The molecule has 0 N–H and O–H groups in total. The number of hydrogen-bond donors (Lipinski definition) is 0. The van der Waals surface area contributed by atoms with Crippen LogP contribution >= 0.6 is 39.1 Å². The third-order valence-electron chi connectivity index (χ3n) is 1.44. The highest BCUT2D eigenvalue weighted by molar-refractivity contribution is 9.10. The maximum Gasteiger partial charge on any atom is 0.281 e. The molecule has 0 amide bonds.